The molecule has 0 amide bonds. The van der Waals surface area contributed by atoms with E-state index in [0.717, 1.165) is 12.8 Å². The molecular weight excluding hydrogens is 246 g/mol. The van der Waals surface area contributed by atoms with Crippen molar-refractivity contribution in [1.82, 2.24) is 9.97 Å². The number of hydrogen-bond donors (Lipinski definition) is 2. The number of halogens is 1. The molecule has 14 heavy (non-hydrogen) atoms. The maximum atomic E-state index is 11.2. The highest BCUT2D eigenvalue weighted by molar-refractivity contribution is 9.10. The van der Waals surface area contributed by atoms with E-state index in [2.05, 4.69) is 43.4 Å². The summed E-state index contributed by atoms with van der Waals surface area (Å²) in [6, 6.07) is 0.362. The van der Waals surface area contributed by atoms with Crippen LogP contribution in [0.2, 0.25) is 0 Å². The van der Waals surface area contributed by atoms with Crippen LogP contribution in [-0.2, 0) is 0 Å². The van der Waals surface area contributed by atoms with Gasteiger partial charge >= 0.3 is 0 Å². The van der Waals surface area contributed by atoms with Crippen LogP contribution in [-0.4, -0.2) is 16.0 Å². The molecule has 1 aromatic heterocycles. The zero-order chi connectivity index (χ0) is 9.97. The quantitative estimate of drug-likeness (QED) is 0.791. The Labute approximate surface area is 89.6 Å². The third-order valence-electron chi connectivity index (χ3n) is 2.15. The summed E-state index contributed by atoms with van der Waals surface area (Å²) in [7, 11) is 0. The van der Waals surface area contributed by atoms with Crippen LogP contribution in [0.5, 0.6) is 0 Å². The molecule has 1 heterocycles. The average molecular weight is 256 g/mol. The minimum Gasteiger partial charge on any atom is -0.366 e. The van der Waals surface area contributed by atoms with E-state index in [4.69, 9.17) is 0 Å². The van der Waals surface area contributed by atoms with Gasteiger partial charge in [-0.1, -0.05) is 12.2 Å². The van der Waals surface area contributed by atoms with E-state index < -0.39 is 0 Å². The minimum atomic E-state index is -0.159. The molecule has 1 aromatic rings. The lowest BCUT2D eigenvalue weighted by Crippen LogP contribution is -2.19. The van der Waals surface area contributed by atoms with Gasteiger partial charge in [-0.3, -0.25) is 4.79 Å². The topological polar surface area (TPSA) is 57.8 Å². The second kappa shape index (κ2) is 3.96. The van der Waals surface area contributed by atoms with Gasteiger partial charge in [0.15, 0.2) is 0 Å². The number of aromatic amines is 1. The second-order valence-electron chi connectivity index (χ2n) is 3.18. The fourth-order valence-corrected chi connectivity index (χ4v) is 1.74. The van der Waals surface area contributed by atoms with Gasteiger partial charge in [0, 0.05) is 6.04 Å². The van der Waals surface area contributed by atoms with Gasteiger partial charge in [-0.2, -0.15) is 0 Å². The number of anilines is 1. The maximum absolute atomic E-state index is 11.2. The molecule has 0 bridgehead atoms. The molecule has 0 radical (unpaired) electrons. The first-order valence-corrected chi connectivity index (χ1v) is 5.21. The Morgan fingerprint density at radius 2 is 2.21 bits per heavy atom. The fraction of sp³-hybridized carbons (Fsp3) is 0.333. The summed E-state index contributed by atoms with van der Waals surface area (Å²) < 4.78 is 0.465. The first-order chi connectivity index (χ1) is 6.77. The van der Waals surface area contributed by atoms with Crippen molar-refractivity contribution in [3.8, 4) is 0 Å². The van der Waals surface area contributed by atoms with E-state index in [1.807, 2.05) is 0 Å². The van der Waals surface area contributed by atoms with Gasteiger partial charge in [0.25, 0.3) is 5.56 Å². The Morgan fingerprint density at radius 3 is 2.93 bits per heavy atom. The van der Waals surface area contributed by atoms with Gasteiger partial charge in [-0.05, 0) is 28.8 Å². The Hall–Kier alpha value is -1.10. The normalized spacial score (nSPS) is 16.1. The molecule has 0 fully saturated rings. The molecule has 0 unspecified atom stereocenters. The summed E-state index contributed by atoms with van der Waals surface area (Å²) in [6.07, 6.45) is 7.62. The van der Waals surface area contributed by atoms with Crippen LogP contribution in [0, 0.1) is 0 Å². The van der Waals surface area contributed by atoms with Crippen molar-refractivity contribution in [2.24, 2.45) is 0 Å². The predicted octanol–water partition coefficient (Wildman–Crippen LogP) is 1.66. The van der Waals surface area contributed by atoms with Crippen molar-refractivity contribution in [2.75, 3.05) is 5.32 Å². The number of hydrogen-bond acceptors (Lipinski definition) is 3. The van der Waals surface area contributed by atoms with Crippen LogP contribution in [0.1, 0.15) is 12.8 Å². The largest absolute Gasteiger partial charge is 0.366 e. The molecule has 0 saturated carbocycles. The van der Waals surface area contributed by atoms with Crippen molar-refractivity contribution >= 4 is 21.7 Å². The molecular formula is C9H10BrN3O. The zero-order valence-electron chi connectivity index (χ0n) is 7.46. The van der Waals surface area contributed by atoms with Crippen molar-refractivity contribution in [2.45, 2.75) is 18.9 Å². The standard InChI is InChI=1S/C9H10BrN3O/c10-7-8(11-5-12-9(7)14)13-6-3-1-2-4-6/h1-2,5-6H,3-4H2,(H2,11,12,13,14). The third kappa shape index (κ3) is 1.87. The van der Waals surface area contributed by atoms with E-state index in [0.29, 0.717) is 16.3 Å². The van der Waals surface area contributed by atoms with Crippen molar-refractivity contribution in [1.29, 1.82) is 0 Å². The maximum Gasteiger partial charge on any atom is 0.267 e. The molecule has 1 aliphatic rings. The molecule has 1 aliphatic carbocycles. The summed E-state index contributed by atoms with van der Waals surface area (Å²) in [6.45, 7) is 0. The first-order valence-electron chi connectivity index (χ1n) is 4.42. The number of H-pyrrole nitrogens is 1. The lowest BCUT2D eigenvalue weighted by atomic mass is 10.2. The monoisotopic (exact) mass is 255 g/mol. The summed E-state index contributed by atoms with van der Waals surface area (Å²) in [5.41, 5.74) is -0.159. The van der Waals surface area contributed by atoms with Gasteiger partial charge in [0.1, 0.15) is 10.3 Å². The molecule has 0 atom stereocenters. The van der Waals surface area contributed by atoms with Crippen LogP contribution < -0.4 is 10.9 Å². The van der Waals surface area contributed by atoms with Gasteiger partial charge < -0.3 is 10.3 Å². The summed E-state index contributed by atoms with van der Waals surface area (Å²) in [5.74, 6) is 0.613. The Bertz CT molecular complexity index is 405. The number of nitrogens with zero attached hydrogens (tertiary/aromatic N) is 1. The zero-order valence-corrected chi connectivity index (χ0v) is 9.04. The highest BCUT2D eigenvalue weighted by atomic mass is 79.9. The van der Waals surface area contributed by atoms with Gasteiger partial charge in [0.05, 0.1) is 6.33 Å². The number of rotatable bonds is 2. The van der Waals surface area contributed by atoms with Crippen LogP contribution in [0.3, 0.4) is 0 Å². The molecule has 0 aliphatic heterocycles. The Balaban J connectivity index is 2.16. The van der Waals surface area contributed by atoms with Crippen LogP contribution in [0.15, 0.2) is 27.7 Å². The third-order valence-corrected chi connectivity index (χ3v) is 2.88. The van der Waals surface area contributed by atoms with Gasteiger partial charge in [-0.25, -0.2) is 4.98 Å². The van der Waals surface area contributed by atoms with Crippen molar-refractivity contribution < 1.29 is 0 Å². The number of aromatic nitrogens is 2. The highest BCUT2D eigenvalue weighted by Gasteiger charge is 2.13. The van der Waals surface area contributed by atoms with Crippen LogP contribution in [0.4, 0.5) is 5.82 Å². The second-order valence-corrected chi connectivity index (χ2v) is 3.97. The minimum absolute atomic E-state index is 0.159. The molecule has 0 aromatic carbocycles. The summed E-state index contributed by atoms with van der Waals surface area (Å²) in [5, 5.41) is 3.21. The van der Waals surface area contributed by atoms with E-state index >= 15 is 0 Å². The fourth-order valence-electron chi connectivity index (χ4n) is 1.41. The lowest BCUT2D eigenvalue weighted by Gasteiger charge is -2.12. The molecule has 0 spiro atoms. The van der Waals surface area contributed by atoms with E-state index in [1.165, 1.54) is 6.33 Å². The smallest absolute Gasteiger partial charge is 0.267 e. The molecule has 2 rings (SSSR count). The predicted molar refractivity (Wildman–Crippen MR) is 58.3 cm³/mol. The molecule has 0 saturated heterocycles. The lowest BCUT2D eigenvalue weighted by molar-refractivity contribution is 0.778. The SMILES string of the molecule is O=c1[nH]cnc(NC2CC=CC2)c1Br. The Kier molecular flexibility index (Phi) is 2.67. The molecule has 5 heteroatoms. The van der Waals surface area contributed by atoms with E-state index in [-0.39, 0.29) is 5.56 Å². The van der Waals surface area contributed by atoms with Crippen molar-refractivity contribution in [3.63, 3.8) is 0 Å². The number of nitrogens with one attached hydrogen (secondary N) is 2. The van der Waals surface area contributed by atoms with Crippen molar-refractivity contribution in [3.05, 3.63) is 33.3 Å². The van der Waals surface area contributed by atoms with E-state index in [9.17, 15) is 4.79 Å². The molecule has 74 valence electrons. The van der Waals surface area contributed by atoms with Crippen LogP contribution >= 0.6 is 15.9 Å². The molecule has 4 nitrogen and oxygen atoms in total. The van der Waals surface area contributed by atoms with Crippen LogP contribution in [0.25, 0.3) is 0 Å². The summed E-state index contributed by atoms with van der Waals surface area (Å²) in [4.78, 5) is 17.8. The average Bonchev–Trinajstić information content (AvgIpc) is 2.66. The molecule has 2 N–H and O–H groups in total. The van der Waals surface area contributed by atoms with E-state index in [1.54, 1.807) is 0 Å². The van der Waals surface area contributed by atoms with Gasteiger partial charge in [-0.15, -0.1) is 0 Å². The highest BCUT2D eigenvalue weighted by Crippen LogP contribution is 2.19. The van der Waals surface area contributed by atoms with Gasteiger partial charge in [0.2, 0.25) is 0 Å². The summed E-state index contributed by atoms with van der Waals surface area (Å²) >= 11 is 3.20. The Morgan fingerprint density at radius 1 is 1.50 bits per heavy atom. The first kappa shape index (κ1) is 9.45.